The van der Waals surface area contributed by atoms with E-state index in [0.717, 1.165) is 50.7 Å². The van der Waals surface area contributed by atoms with Gasteiger partial charge in [0.15, 0.2) is 5.79 Å². The summed E-state index contributed by atoms with van der Waals surface area (Å²) < 4.78 is 27.7. The standard InChI is InChI=1S/C42H56O5Si/c1-38(2,3)48(29-15-10-8-11-16-29,30-17-12-9-13-18-30)47-28-20-23-40(6)31-21-24-41(7)32(22-25-42(41,43)34-19-14-26-44-34)35(31)37-36(33(40)27-28)45-39(4,5)46-37/h8-19,26,28,31-33,35-37,43H,20-25,27H2,1-7H3/t28-,31-,32-,33+,35+,36+,37+,40+,41-,42+/m0/s1. The van der Waals surface area contributed by atoms with Crippen LogP contribution in [-0.2, 0) is 19.5 Å². The highest BCUT2D eigenvalue weighted by Crippen LogP contribution is 2.71. The molecular formula is C42H56O5Si. The van der Waals surface area contributed by atoms with Crippen LogP contribution in [-0.4, -0.2) is 37.5 Å². The van der Waals surface area contributed by atoms with Gasteiger partial charge in [0.05, 0.1) is 18.5 Å². The van der Waals surface area contributed by atoms with E-state index in [9.17, 15) is 5.11 Å². The van der Waals surface area contributed by atoms with Gasteiger partial charge in [-0.05, 0) is 115 Å². The molecule has 0 amide bonds. The van der Waals surface area contributed by atoms with Crippen molar-refractivity contribution in [2.45, 2.75) is 128 Å². The molecule has 0 spiro atoms. The van der Waals surface area contributed by atoms with Gasteiger partial charge in [-0.2, -0.15) is 0 Å². The molecule has 6 heteroatoms. The summed E-state index contributed by atoms with van der Waals surface area (Å²) in [4.78, 5) is 0. The molecule has 2 heterocycles. The van der Waals surface area contributed by atoms with E-state index in [1.165, 1.54) is 10.4 Å². The van der Waals surface area contributed by atoms with E-state index in [0.29, 0.717) is 23.7 Å². The zero-order chi connectivity index (χ0) is 33.7. The summed E-state index contributed by atoms with van der Waals surface area (Å²) in [6.45, 7) is 16.3. The van der Waals surface area contributed by atoms with E-state index in [1.54, 1.807) is 6.26 Å². The zero-order valence-corrected chi connectivity index (χ0v) is 31.1. The third-order valence-corrected chi connectivity index (χ3v) is 19.4. The van der Waals surface area contributed by atoms with Crippen molar-refractivity contribution in [2.24, 2.45) is 34.5 Å². The summed E-state index contributed by atoms with van der Waals surface area (Å²) in [5.41, 5.74) is -1.09. The summed E-state index contributed by atoms with van der Waals surface area (Å²) in [5.74, 6) is 1.65. The van der Waals surface area contributed by atoms with E-state index in [-0.39, 0.29) is 34.2 Å². The number of rotatable bonds is 5. The molecule has 0 radical (unpaired) electrons. The molecule has 5 fully saturated rings. The van der Waals surface area contributed by atoms with E-state index in [4.69, 9.17) is 18.3 Å². The highest BCUT2D eigenvalue weighted by molar-refractivity contribution is 6.99. The fourth-order valence-electron chi connectivity index (χ4n) is 12.1. The molecule has 1 saturated heterocycles. The van der Waals surface area contributed by atoms with Crippen LogP contribution in [0.25, 0.3) is 0 Å². The van der Waals surface area contributed by atoms with Crippen molar-refractivity contribution in [3.8, 4) is 0 Å². The first-order valence-corrected chi connectivity index (χ1v) is 20.6. The molecule has 8 rings (SSSR count). The molecule has 4 aliphatic carbocycles. The van der Waals surface area contributed by atoms with Gasteiger partial charge in [0, 0.05) is 11.5 Å². The molecule has 5 aliphatic rings. The smallest absolute Gasteiger partial charge is 0.261 e. The topological polar surface area (TPSA) is 61.1 Å². The lowest BCUT2D eigenvalue weighted by molar-refractivity contribution is -0.207. The second-order valence-corrected chi connectivity index (χ2v) is 22.2. The van der Waals surface area contributed by atoms with E-state index in [1.807, 2.05) is 12.1 Å². The first kappa shape index (κ1) is 33.0. The number of aliphatic hydroxyl groups is 1. The maximum absolute atomic E-state index is 12.4. The van der Waals surface area contributed by atoms with Gasteiger partial charge < -0.3 is 23.4 Å². The second kappa shape index (κ2) is 11.1. The molecular weight excluding hydrogens is 613 g/mol. The monoisotopic (exact) mass is 668 g/mol. The molecule has 2 aromatic carbocycles. The third-order valence-electron chi connectivity index (χ3n) is 14.3. The van der Waals surface area contributed by atoms with Crippen molar-refractivity contribution < 1.29 is 23.4 Å². The minimum Gasteiger partial charge on any atom is -0.466 e. The van der Waals surface area contributed by atoms with Gasteiger partial charge in [0.1, 0.15) is 11.4 Å². The Morgan fingerprint density at radius 3 is 1.96 bits per heavy atom. The Balaban J connectivity index is 1.16. The molecule has 10 atom stereocenters. The molecule has 1 aromatic heterocycles. The van der Waals surface area contributed by atoms with Crippen LogP contribution in [0.3, 0.4) is 0 Å². The molecule has 48 heavy (non-hydrogen) atoms. The van der Waals surface area contributed by atoms with Crippen LogP contribution in [0.5, 0.6) is 0 Å². The van der Waals surface area contributed by atoms with Crippen molar-refractivity contribution in [3.05, 3.63) is 84.8 Å². The minimum absolute atomic E-state index is 0.0106. The Labute approximate surface area is 288 Å². The Bertz CT molecular complexity index is 1560. The van der Waals surface area contributed by atoms with Crippen LogP contribution in [0.4, 0.5) is 0 Å². The highest BCUT2D eigenvalue weighted by Gasteiger charge is 2.71. The summed E-state index contributed by atoms with van der Waals surface area (Å²) in [6.07, 6.45) is 8.87. The molecule has 0 unspecified atom stereocenters. The van der Waals surface area contributed by atoms with Crippen molar-refractivity contribution in [3.63, 3.8) is 0 Å². The fourth-order valence-corrected chi connectivity index (χ4v) is 16.9. The quantitative estimate of drug-likeness (QED) is 0.278. The molecule has 1 N–H and O–H groups in total. The van der Waals surface area contributed by atoms with Crippen LogP contribution in [0.1, 0.15) is 99.2 Å². The van der Waals surface area contributed by atoms with Crippen LogP contribution >= 0.6 is 0 Å². The van der Waals surface area contributed by atoms with E-state index < -0.39 is 19.7 Å². The maximum atomic E-state index is 12.4. The van der Waals surface area contributed by atoms with Gasteiger partial charge in [0.25, 0.3) is 8.32 Å². The molecule has 1 aliphatic heterocycles. The number of hydrogen-bond donors (Lipinski definition) is 1. The first-order chi connectivity index (χ1) is 22.7. The molecule has 4 saturated carbocycles. The Kier molecular flexibility index (Phi) is 7.65. The number of hydrogen-bond acceptors (Lipinski definition) is 5. The summed E-state index contributed by atoms with van der Waals surface area (Å²) in [7, 11) is -2.69. The van der Waals surface area contributed by atoms with E-state index >= 15 is 0 Å². The Morgan fingerprint density at radius 2 is 1.35 bits per heavy atom. The molecule has 0 bridgehead atoms. The van der Waals surface area contributed by atoms with Gasteiger partial charge in [-0.1, -0.05) is 95.3 Å². The number of ether oxygens (including phenoxy) is 2. The summed E-state index contributed by atoms with van der Waals surface area (Å²) >= 11 is 0. The molecule has 3 aromatic rings. The Hall–Kier alpha value is -2.22. The number of fused-ring (bicyclic) bond motifs is 8. The van der Waals surface area contributed by atoms with E-state index in [2.05, 4.69) is 109 Å². The lowest BCUT2D eigenvalue weighted by atomic mass is 9.43. The van der Waals surface area contributed by atoms with Crippen molar-refractivity contribution in [1.82, 2.24) is 0 Å². The maximum Gasteiger partial charge on any atom is 0.261 e. The van der Waals surface area contributed by atoms with Crippen LogP contribution in [0.2, 0.25) is 5.04 Å². The number of furan rings is 1. The largest absolute Gasteiger partial charge is 0.466 e. The zero-order valence-electron chi connectivity index (χ0n) is 30.1. The molecule has 258 valence electrons. The normalized spacial score (nSPS) is 40.5. The fraction of sp³-hybridized carbons (Fsp3) is 0.619. The lowest BCUT2D eigenvalue weighted by Gasteiger charge is -2.64. The van der Waals surface area contributed by atoms with Gasteiger partial charge in [-0.3, -0.25) is 0 Å². The van der Waals surface area contributed by atoms with Gasteiger partial charge >= 0.3 is 0 Å². The molecule has 5 nitrogen and oxygen atoms in total. The first-order valence-electron chi connectivity index (χ1n) is 18.6. The predicted octanol–water partition coefficient (Wildman–Crippen LogP) is 8.20. The number of benzene rings is 2. The van der Waals surface area contributed by atoms with Crippen LogP contribution < -0.4 is 10.4 Å². The van der Waals surface area contributed by atoms with Crippen molar-refractivity contribution >= 4 is 18.7 Å². The summed E-state index contributed by atoms with van der Waals surface area (Å²) in [5, 5.41) is 15.0. The Morgan fingerprint density at radius 1 is 0.729 bits per heavy atom. The van der Waals surface area contributed by atoms with Gasteiger partial charge in [-0.25, -0.2) is 0 Å². The average Bonchev–Trinajstić information content (AvgIpc) is 3.77. The SMILES string of the molecule is CC1(C)O[C@H]2[C@H](O1)[C@H]1C[C@@H](O[Si](c3ccccc3)(c3ccccc3)C(C)(C)C)CC[C@]1(C)[C@H]1CC[C@@]3(C)[C@@H](CC[C@@]3(O)c3ccco3)[C@H]21. The second-order valence-electron chi connectivity index (χ2n) is 18.0. The van der Waals surface area contributed by atoms with Gasteiger partial charge in [0.2, 0.25) is 0 Å². The minimum atomic E-state index is -2.69. The highest BCUT2D eigenvalue weighted by atomic mass is 28.4. The van der Waals surface area contributed by atoms with Crippen LogP contribution in [0.15, 0.2) is 83.5 Å². The van der Waals surface area contributed by atoms with Crippen LogP contribution in [0, 0.1) is 34.5 Å². The van der Waals surface area contributed by atoms with Crippen molar-refractivity contribution in [1.29, 1.82) is 0 Å². The third kappa shape index (κ3) is 4.61. The average molecular weight is 669 g/mol. The van der Waals surface area contributed by atoms with Gasteiger partial charge in [-0.15, -0.1) is 0 Å². The predicted molar refractivity (Wildman–Crippen MR) is 191 cm³/mol. The lowest BCUT2D eigenvalue weighted by Crippen LogP contribution is -2.69. The summed E-state index contributed by atoms with van der Waals surface area (Å²) in [6, 6.07) is 26.1. The van der Waals surface area contributed by atoms with Crippen molar-refractivity contribution in [2.75, 3.05) is 0 Å².